The van der Waals surface area contributed by atoms with Crippen LogP contribution in [0.2, 0.25) is 0 Å². The number of halogens is 3. The number of nitrogens with zero attached hydrogens (tertiary/aromatic N) is 1. The molecule has 1 amide bonds. The quantitative estimate of drug-likeness (QED) is 0.778. The summed E-state index contributed by atoms with van der Waals surface area (Å²) in [7, 11) is 0. The first kappa shape index (κ1) is 15.4. The molecule has 1 heterocycles. The van der Waals surface area contributed by atoms with Crippen LogP contribution in [-0.2, 0) is 11.0 Å². The summed E-state index contributed by atoms with van der Waals surface area (Å²) in [5.74, 6) is 0.150. The minimum atomic E-state index is -4.31. The first-order valence-electron chi connectivity index (χ1n) is 6.67. The highest BCUT2D eigenvalue weighted by atomic mass is 19.4. The number of alkyl halides is 3. The van der Waals surface area contributed by atoms with Crippen LogP contribution in [0.15, 0.2) is 43.0 Å². The summed E-state index contributed by atoms with van der Waals surface area (Å²) < 4.78 is 37.3. The lowest BCUT2D eigenvalue weighted by atomic mass is 10.1. The Morgan fingerprint density at radius 2 is 1.95 bits per heavy atom. The Kier molecular flexibility index (Phi) is 4.50. The van der Waals surface area contributed by atoms with E-state index in [9.17, 15) is 18.0 Å². The number of carbonyl (C=O) groups is 1. The fraction of sp³-hybridized carbons (Fsp3) is 0.312. The number of rotatable bonds is 3. The summed E-state index contributed by atoms with van der Waals surface area (Å²) in [6.45, 7) is 4.77. The number of likely N-dealkylation sites (tertiary alicyclic amines) is 1. The molecule has 1 aromatic rings. The molecule has 1 aromatic carbocycles. The van der Waals surface area contributed by atoms with E-state index < -0.39 is 11.7 Å². The maximum absolute atomic E-state index is 12.4. The van der Waals surface area contributed by atoms with Gasteiger partial charge in [0.1, 0.15) is 0 Å². The molecule has 1 fully saturated rings. The second-order valence-electron chi connectivity index (χ2n) is 5.02. The summed E-state index contributed by atoms with van der Waals surface area (Å²) in [6.07, 6.45) is 1.59. The Morgan fingerprint density at radius 1 is 1.29 bits per heavy atom. The fourth-order valence-corrected chi connectivity index (χ4v) is 2.30. The van der Waals surface area contributed by atoms with E-state index in [1.165, 1.54) is 18.2 Å². The molecule has 0 saturated carbocycles. The highest BCUT2D eigenvalue weighted by Gasteiger charge is 2.29. The van der Waals surface area contributed by atoms with Crippen LogP contribution < -0.4 is 0 Å². The standard InChI is InChI=1S/C16H16F3NO/c1-2-15(21)20-10-9-13(11-20)4-3-12-5-7-14(8-6-12)16(17,18)19/h2-8,13H,1,9-11H2/b4-3+. The first-order valence-corrected chi connectivity index (χ1v) is 6.67. The van der Waals surface area contributed by atoms with Gasteiger partial charge in [-0.25, -0.2) is 0 Å². The van der Waals surface area contributed by atoms with Crippen molar-refractivity contribution in [3.8, 4) is 0 Å². The van der Waals surface area contributed by atoms with E-state index in [-0.39, 0.29) is 11.8 Å². The lowest BCUT2D eigenvalue weighted by Gasteiger charge is -2.12. The van der Waals surface area contributed by atoms with Gasteiger partial charge >= 0.3 is 6.18 Å². The minimum absolute atomic E-state index is 0.0829. The molecule has 21 heavy (non-hydrogen) atoms. The molecule has 0 aliphatic carbocycles. The SMILES string of the molecule is C=CC(=O)N1CCC(/C=C/c2ccc(C(F)(F)F)cc2)C1. The summed E-state index contributed by atoms with van der Waals surface area (Å²) in [5.41, 5.74) is 0.0692. The number of amides is 1. The van der Waals surface area contributed by atoms with Crippen molar-refractivity contribution in [1.82, 2.24) is 4.90 Å². The van der Waals surface area contributed by atoms with Crippen molar-refractivity contribution in [2.75, 3.05) is 13.1 Å². The molecule has 2 nitrogen and oxygen atoms in total. The fourth-order valence-electron chi connectivity index (χ4n) is 2.30. The molecule has 1 saturated heterocycles. The topological polar surface area (TPSA) is 20.3 Å². The van der Waals surface area contributed by atoms with Crippen molar-refractivity contribution in [2.24, 2.45) is 5.92 Å². The van der Waals surface area contributed by atoms with Crippen LogP contribution in [0.25, 0.3) is 6.08 Å². The largest absolute Gasteiger partial charge is 0.416 e. The van der Waals surface area contributed by atoms with E-state index in [2.05, 4.69) is 6.58 Å². The first-order chi connectivity index (χ1) is 9.90. The predicted octanol–water partition coefficient (Wildman–Crippen LogP) is 3.75. The van der Waals surface area contributed by atoms with Crippen molar-refractivity contribution < 1.29 is 18.0 Å². The van der Waals surface area contributed by atoms with Gasteiger partial charge in [0.2, 0.25) is 5.91 Å². The molecule has 5 heteroatoms. The predicted molar refractivity (Wildman–Crippen MR) is 75.4 cm³/mol. The minimum Gasteiger partial charge on any atom is -0.339 e. The van der Waals surface area contributed by atoms with Crippen molar-refractivity contribution in [3.63, 3.8) is 0 Å². The Hall–Kier alpha value is -2.04. The Morgan fingerprint density at radius 3 is 2.52 bits per heavy atom. The van der Waals surface area contributed by atoms with Gasteiger partial charge in [0.15, 0.2) is 0 Å². The van der Waals surface area contributed by atoms with Gasteiger partial charge in [-0.3, -0.25) is 4.79 Å². The van der Waals surface area contributed by atoms with E-state index in [0.29, 0.717) is 13.1 Å². The monoisotopic (exact) mass is 295 g/mol. The van der Waals surface area contributed by atoms with Crippen LogP contribution in [0, 0.1) is 5.92 Å². The van der Waals surface area contributed by atoms with Crippen LogP contribution in [0.3, 0.4) is 0 Å². The molecule has 1 unspecified atom stereocenters. The van der Waals surface area contributed by atoms with Gasteiger partial charge in [-0.05, 0) is 36.1 Å². The van der Waals surface area contributed by atoms with E-state index in [1.807, 2.05) is 6.08 Å². The molecule has 1 atom stereocenters. The van der Waals surface area contributed by atoms with Crippen LogP contribution in [0.5, 0.6) is 0 Å². The zero-order valence-corrected chi connectivity index (χ0v) is 11.4. The lowest BCUT2D eigenvalue weighted by molar-refractivity contribution is -0.137. The van der Waals surface area contributed by atoms with Crippen LogP contribution in [0.4, 0.5) is 13.2 Å². The molecular weight excluding hydrogens is 279 g/mol. The molecule has 0 aromatic heterocycles. The van der Waals surface area contributed by atoms with Gasteiger partial charge in [-0.1, -0.05) is 30.9 Å². The third-order valence-corrected chi connectivity index (χ3v) is 3.51. The third kappa shape index (κ3) is 3.97. The average Bonchev–Trinajstić information content (AvgIpc) is 2.92. The van der Waals surface area contributed by atoms with E-state index >= 15 is 0 Å². The van der Waals surface area contributed by atoms with Gasteiger partial charge in [-0.2, -0.15) is 13.2 Å². The zero-order valence-electron chi connectivity index (χ0n) is 11.4. The van der Waals surface area contributed by atoms with E-state index in [1.54, 1.807) is 11.0 Å². The maximum Gasteiger partial charge on any atom is 0.416 e. The smallest absolute Gasteiger partial charge is 0.339 e. The van der Waals surface area contributed by atoms with Crippen molar-refractivity contribution >= 4 is 12.0 Å². The van der Waals surface area contributed by atoms with Crippen LogP contribution >= 0.6 is 0 Å². The Bertz CT molecular complexity index is 546. The molecule has 112 valence electrons. The second-order valence-corrected chi connectivity index (χ2v) is 5.02. The highest BCUT2D eigenvalue weighted by molar-refractivity contribution is 5.87. The van der Waals surface area contributed by atoms with E-state index in [0.717, 1.165) is 24.1 Å². The van der Waals surface area contributed by atoms with Crippen molar-refractivity contribution in [3.05, 3.63) is 54.1 Å². The highest BCUT2D eigenvalue weighted by Crippen LogP contribution is 2.29. The Labute approximate surface area is 121 Å². The lowest BCUT2D eigenvalue weighted by Crippen LogP contribution is -2.26. The molecule has 1 aliphatic heterocycles. The number of hydrogen-bond acceptors (Lipinski definition) is 1. The molecular formula is C16H16F3NO. The summed E-state index contributed by atoms with van der Waals surface area (Å²) in [4.78, 5) is 13.2. The number of benzene rings is 1. The normalized spacial score (nSPS) is 19.2. The van der Waals surface area contributed by atoms with Crippen LogP contribution in [-0.4, -0.2) is 23.9 Å². The molecule has 2 rings (SSSR count). The summed E-state index contributed by atoms with van der Waals surface area (Å²) >= 11 is 0. The van der Waals surface area contributed by atoms with Crippen molar-refractivity contribution in [2.45, 2.75) is 12.6 Å². The number of hydrogen-bond donors (Lipinski definition) is 0. The molecule has 0 spiro atoms. The van der Waals surface area contributed by atoms with Gasteiger partial charge in [0.25, 0.3) is 0 Å². The average molecular weight is 295 g/mol. The zero-order chi connectivity index (χ0) is 15.5. The van der Waals surface area contributed by atoms with Gasteiger partial charge < -0.3 is 4.90 Å². The number of carbonyl (C=O) groups excluding carboxylic acids is 1. The Balaban J connectivity index is 1.96. The van der Waals surface area contributed by atoms with Gasteiger partial charge in [0.05, 0.1) is 5.56 Å². The molecule has 1 aliphatic rings. The summed E-state index contributed by atoms with van der Waals surface area (Å²) in [6, 6.07) is 5.03. The third-order valence-electron chi connectivity index (χ3n) is 3.51. The maximum atomic E-state index is 12.4. The van der Waals surface area contributed by atoms with Gasteiger partial charge in [0, 0.05) is 13.1 Å². The van der Waals surface area contributed by atoms with Crippen molar-refractivity contribution in [1.29, 1.82) is 0 Å². The molecule has 0 N–H and O–H groups in total. The summed E-state index contributed by atoms with van der Waals surface area (Å²) in [5, 5.41) is 0. The second kappa shape index (κ2) is 6.16. The molecule has 0 radical (unpaired) electrons. The molecule has 0 bridgehead atoms. The van der Waals surface area contributed by atoms with Gasteiger partial charge in [-0.15, -0.1) is 0 Å². The van der Waals surface area contributed by atoms with E-state index in [4.69, 9.17) is 0 Å². The van der Waals surface area contributed by atoms with Crippen LogP contribution in [0.1, 0.15) is 17.5 Å².